The molecule has 1 saturated heterocycles. The van der Waals surface area contributed by atoms with Gasteiger partial charge in [-0.2, -0.15) is 0 Å². The summed E-state index contributed by atoms with van der Waals surface area (Å²) in [5.74, 6) is 23.4. The summed E-state index contributed by atoms with van der Waals surface area (Å²) in [6.45, 7) is 32.9. The average Bonchev–Trinajstić information content (AvgIpc) is 1.05. The van der Waals surface area contributed by atoms with Gasteiger partial charge in [0, 0.05) is 35.9 Å². The van der Waals surface area contributed by atoms with E-state index in [-0.39, 0.29) is 6.04 Å². The van der Waals surface area contributed by atoms with Crippen LogP contribution in [0, 0.1) is 35.1 Å². The van der Waals surface area contributed by atoms with Crippen LogP contribution in [0.3, 0.4) is 0 Å². The zero-order chi connectivity index (χ0) is 67.9. The first kappa shape index (κ1) is 81.7. The Morgan fingerprint density at radius 3 is 0.819 bits per heavy atom. The first-order valence-corrected chi connectivity index (χ1v) is 41.7. The molecule has 0 bridgehead atoms. The van der Waals surface area contributed by atoms with E-state index in [0.717, 1.165) is 140 Å². The molecule has 1 atom stereocenters. The van der Waals surface area contributed by atoms with Gasteiger partial charge in [-0.15, -0.1) is 5.54 Å². The minimum absolute atomic E-state index is 0.268. The molecule has 0 aromatic heterocycles. The quantitative estimate of drug-likeness (QED) is 0.0317. The number of likely N-dealkylation sites (tertiary alicyclic amines) is 1. The van der Waals surface area contributed by atoms with Crippen LogP contribution in [0.1, 0.15) is 366 Å². The predicted octanol–water partition coefficient (Wildman–Crippen LogP) is 25.3. The van der Waals surface area contributed by atoms with Crippen LogP contribution in [0.15, 0.2) is 36.4 Å². The first-order chi connectivity index (χ1) is 45.9. The molecule has 0 spiro atoms. The van der Waals surface area contributed by atoms with Gasteiger partial charge in [0.25, 0.3) is 0 Å². The van der Waals surface area contributed by atoms with Gasteiger partial charge in [-0.3, -0.25) is 4.90 Å². The van der Waals surface area contributed by atoms with Gasteiger partial charge in [0.15, 0.2) is 0 Å². The van der Waals surface area contributed by atoms with E-state index < -0.39 is 8.07 Å². The number of unbranched alkanes of at least 4 members (excludes halogenated alkanes) is 30. The molecule has 0 aliphatic carbocycles. The second-order valence-electron chi connectivity index (χ2n) is 28.6. The standard InChI is InChI=1S/C86H139NO6Si/c1-14-20-26-32-38-44-58-88-81-66-75(54-55-77-69-86(93-63-49-43-37-31-25-19-6)79(80-51-50-57-87(80)13)70-85(77)92-62-48-42-36-30-24-18-5)82(89-59-45-39-33-27-21-15-2)65-74(81)52-53-76-67-84(91-61-47-41-35-29-23-17-4)78(56-64-94(71(7)8,72(9)10)73(11)12)68-83(76)90-60-46-40-34-28-22-16-3/h65-73,80H,14-51,57-63H2,1-13H3. The zero-order valence-corrected chi connectivity index (χ0v) is 64.0. The van der Waals surface area contributed by atoms with Crippen molar-refractivity contribution >= 4 is 8.07 Å². The second-order valence-corrected chi connectivity index (χ2v) is 34.1. The number of ether oxygens (including phenoxy) is 6. The highest BCUT2D eigenvalue weighted by molar-refractivity contribution is 6.90. The number of hydrogen-bond acceptors (Lipinski definition) is 7. The maximum Gasteiger partial charge on any atom is 0.146 e. The molecule has 1 fully saturated rings. The average molecular weight is 1310 g/mol. The zero-order valence-electron chi connectivity index (χ0n) is 63.0. The van der Waals surface area contributed by atoms with E-state index in [0.29, 0.717) is 62.0 Å². The highest BCUT2D eigenvalue weighted by Gasteiger charge is 2.42. The van der Waals surface area contributed by atoms with E-state index in [1.807, 2.05) is 0 Å². The van der Waals surface area contributed by atoms with Gasteiger partial charge >= 0.3 is 0 Å². The Morgan fingerprint density at radius 2 is 0.564 bits per heavy atom. The van der Waals surface area contributed by atoms with E-state index in [9.17, 15) is 0 Å². The Hall–Kier alpha value is -4.68. The summed E-state index contributed by atoms with van der Waals surface area (Å²) < 4.78 is 41.4. The monoisotopic (exact) mass is 1310 g/mol. The van der Waals surface area contributed by atoms with Crippen LogP contribution < -0.4 is 28.4 Å². The van der Waals surface area contributed by atoms with Crippen LogP contribution in [0.5, 0.6) is 34.5 Å². The highest BCUT2D eigenvalue weighted by atomic mass is 28.3. The number of hydrogen-bond donors (Lipinski definition) is 0. The molecule has 4 rings (SSSR count). The molecular formula is C86H139NO6Si. The normalized spacial score (nSPS) is 13.2. The predicted molar refractivity (Wildman–Crippen MR) is 407 cm³/mol. The molecule has 3 aromatic carbocycles. The molecular weight excluding hydrogens is 1170 g/mol. The fourth-order valence-corrected chi connectivity index (χ4v) is 19.0. The Labute approximate surface area is 580 Å². The van der Waals surface area contributed by atoms with E-state index in [1.165, 1.54) is 173 Å². The van der Waals surface area contributed by atoms with Gasteiger partial charge in [-0.1, -0.05) is 305 Å². The Bertz CT molecular complexity index is 2650. The molecule has 0 saturated carbocycles. The van der Waals surface area contributed by atoms with Gasteiger partial charge in [0.05, 0.1) is 67.5 Å². The molecule has 7 nitrogen and oxygen atoms in total. The molecule has 528 valence electrons. The summed E-state index contributed by atoms with van der Waals surface area (Å²) in [6.07, 6.45) is 45.1. The van der Waals surface area contributed by atoms with Gasteiger partial charge in [0.1, 0.15) is 42.6 Å². The minimum atomic E-state index is -2.09. The molecule has 1 aliphatic heterocycles. The molecule has 0 amide bonds. The largest absolute Gasteiger partial charge is 0.493 e. The van der Waals surface area contributed by atoms with Crippen LogP contribution in [-0.4, -0.2) is 66.2 Å². The van der Waals surface area contributed by atoms with Crippen LogP contribution in [0.4, 0.5) is 0 Å². The van der Waals surface area contributed by atoms with Crippen LogP contribution in [-0.2, 0) is 0 Å². The fraction of sp³-hybridized carbons (Fsp3) is 0.721. The molecule has 0 N–H and O–H groups in total. The number of rotatable bonds is 52. The van der Waals surface area contributed by atoms with E-state index in [2.05, 4.69) is 167 Å². The van der Waals surface area contributed by atoms with Crippen molar-refractivity contribution in [2.75, 3.05) is 53.2 Å². The number of benzene rings is 3. The van der Waals surface area contributed by atoms with Crippen molar-refractivity contribution in [3.05, 3.63) is 69.8 Å². The van der Waals surface area contributed by atoms with Crippen molar-refractivity contribution in [2.24, 2.45) is 0 Å². The molecule has 0 radical (unpaired) electrons. The van der Waals surface area contributed by atoms with Crippen LogP contribution >= 0.6 is 0 Å². The first-order valence-electron chi connectivity index (χ1n) is 39.5. The van der Waals surface area contributed by atoms with Gasteiger partial charge in [-0.25, -0.2) is 0 Å². The Balaban J connectivity index is 2.00. The maximum absolute atomic E-state index is 6.94. The molecule has 3 aromatic rings. The lowest BCUT2D eigenvalue weighted by molar-refractivity contribution is 0.272. The van der Waals surface area contributed by atoms with Gasteiger partial charge < -0.3 is 28.4 Å². The topological polar surface area (TPSA) is 58.6 Å². The third-order valence-corrected chi connectivity index (χ3v) is 25.9. The molecule has 1 aliphatic rings. The Kier molecular flexibility index (Phi) is 44.0. The fourth-order valence-electron chi connectivity index (χ4n) is 13.7. The lowest BCUT2D eigenvalue weighted by Gasteiger charge is -2.38. The lowest BCUT2D eigenvalue weighted by Crippen LogP contribution is -2.43. The summed E-state index contributed by atoms with van der Waals surface area (Å²) in [5, 5.41) is 0. The van der Waals surface area contributed by atoms with Crippen molar-refractivity contribution in [1.82, 2.24) is 4.90 Å². The van der Waals surface area contributed by atoms with E-state index in [4.69, 9.17) is 28.4 Å². The number of nitrogens with zero attached hydrogens (tertiary/aromatic N) is 1. The van der Waals surface area contributed by atoms with Crippen molar-refractivity contribution < 1.29 is 28.4 Å². The summed E-state index contributed by atoms with van der Waals surface area (Å²) in [7, 11) is 0.169. The van der Waals surface area contributed by atoms with E-state index >= 15 is 0 Å². The molecule has 8 heteroatoms. The smallest absolute Gasteiger partial charge is 0.146 e. The summed E-state index contributed by atoms with van der Waals surface area (Å²) in [5.41, 5.74) is 10.9. The maximum atomic E-state index is 6.94. The second kappa shape index (κ2) is 50.6. The Morgan fingerprint density at radius 1 is 0.330 bits per heavy atom. The van der Waals surface area contributed by atoms with Crippen molar-refractivity contribution in [3.63, 3.8) is 0 Å². The molecule has 1 unspecified atom stereocenters. The summed E-state index contributed by atoms with van der Waals surface area (Å²) in [4.78, 5) is 2.48. The van der Waals surface area contributed by atoms with Crippen molar-refractivity contribution in [2.45, 2.75) is 350 Å². The van der Waals surface area contributed by atoms with Crippen molar-refractivity contribution in [3.8, 4) is 69.6 Å². The molecule has 1 heterocycles. The third kappa shape index (κ3) is 30.8. The van der Waals surface area contributed by atoms with Crippen LogP contribution in [0.25, 0.3) is 0 Å². The minimum Gasteiger partial charge on any atom is -0.493 e. The SMILES string of the molecule is CCCCCCCCOc1cc(C#Cc2cc(OCCCCCCCC)c(C3CCCN3C)cc2OCCCCCCCC)c(OCCCCCCCC)cc1C#Cc1cc(OCCCCCCCC)c(C#C[Si](C(C)C)(C(C)C)C(C)C)cc1OCCCCCCCC. The van der Waals surface area contributed by atoms with Crippen molar-refractivity contribution in [1.29, 1.82) is 0 Å². The highest BCUT2D eigenvalue weighted by Crippen LogP contribution is 2.43. The van der Waals surface area contributed by atoms with Gasteiger partial charge in [-0.05, 0) is 93.7 Å². The third-order valence-electron chi connectivity index (χ3n) is 19.6. The summed E-state index contributed by atoms with van der Waals surface area (Å²) in [6, 6.07) is 13.2. The lowest BCUT2D eigenvalue weighted by atomic mass is 10.00. The van der Waals surface area contributed by atoms with E-state index in [1.54, 1.807) is 0 Å². The molecule has 94 heavy (non-hydrogen) atoms. The van der Waals surface area contributed by atoms with Gasteiger partial charge in [0.2, 0.25) is 0 Å². The summed E-state index contributed by atoms with van der Waals surface area (Å²) >= 11 is 0. The van der Waals surface area contributed by atoms with Crippen LogP contribution in [0.2, 0.25) is 16.6 Å².